The van der Waals surface area contributed by atoms with Gasteiger partial charge in [-0.1, -0.05) is 23.7 Å². The highest BCUT2D eigenvalue weighted by atomic mass is 35.5. The predicted octanol–water partition coefficient (Wildman–Crippen LogP) is 3.57. The van der Waals surface area contributed by atoms with Crippen LogP contribution >= 0.6 is 11.6 Å². The number of carbonyl (C=O) groups is 1. The topological polar surface area (TPSA) is 84.5 Å². The standard InChI is InChI=1S/C19H21ClN2O4S/c1-27(24,25)17-8-6-16(7-9-17)21-18(23)22-19(10-12-26-13-11-19)14-2-4-15(20)5-3-14/h2-9H,10-13H2,1H3,(H2,21,22,23). The van der Waals surface area contributed by atoms with Crippen molar-refractivity contribution in [2.75, 3.05) is 24.8 Å². The largest absolute Gasteiger partial charge is 0.381 e. The van der Waals surface area contributed by atoms with Gasteiger partial charge in [-0.2, -0.15) is 0 Å². The van der Waals surface area contributed by atoms with Crippen LogP contribution in [0.2, 0.25) is 5.02 Å². The van der Waals surface area contributed by atoms with Crippen LogP contribution in [0.3, 0.4) is 0 Å². The van der Waals surface area contributed by atoms with E-state index in [4.69, 9.17) is 16.3 Å². The summed E-state index contributed by atoms with van der Waals surface area (Å²) in [6.45, 7) is 1.10. The maximum Gasteiger partial charge on any atom is 0.319 e. The summed E-state index contributed by atoms with van der Waals surface area (Å²) in [6, 6.07) is 13.1. The Morgan fingerprint density at radius 1 is 1.04 bits per heavy atom. The molecule has 0 atom stereocenters. The summed E-state index contributed by atoms with van der Waals surface area (Å²) in [6.07, 6.45) is 2.44. The van der Waals surface area contributed by atoms with E-state index in [0.717, 1.165) is 11.8 Å². The van der Waals surface area contributed by atoms with Crippen molar-refractivity contribution in [1.29, 1.82) is 0 Å². The molecule has 0 radical (unpaired) electrons. The van der Waals surface area contributed by atoms with Crippen LogP contribution in [-0.4, -0.2) is 33.9 Å². The number of nitrogens with one attached hydrogen (secondary N) is 2. The number of benzene rings is 2. The quantitative estimate of drug-likeness (QED) is 0.809. The minimum atomic E-state index is -3.27. The van der Waals surface area contributed by atoms with Gasteiger partial charge in [0.2, 0.25) is 0 Å². The lowest BCUT2D eigenvalue weighted by molar-refractivity contribution is 0.0418. The highest BCUT2D eigenvalue weighted by molar-refractivity contribution is 7.90. The fraction of sp³-hybridized carbons (Fsp3) is 0.316. The molecule has 0 bridgehead atoms. The molecule has 1 heterocycles. The zero-order chi connectivity index (χ0) is 19.5. The van der Waals surface area contributed by atoms with Gasteiger partial charge in [0.1, 0.15) is 0 Å². The minimum Gasteiger partial charge on any atom is -0.381 e. The normalized spacial score (nSPS) is 16.5. The second-order valence-electron chi connectivity index (χ2n) is 6.58. The third-order valence-electron chi connectivity index (χ3n) is 4.64. The molecule has 27 heavy (non-hydrogen) atoms. The van der Waals surface area contributed by atoms with E-state index in [9.17, 15) is 13.2 Å². The predicted molar refractivity (Wildman–Crippen MR) is 105 cm³/mol. The first kappa shape index (κ1) is 19.7. The lowest BCUT2D eigenvalue weighted by atomic mass is 9.83. The van der Waals surface area contributed by atoms with E-state index in [1.165, 1.54) is 12.1 Å². The van der Waals surface area contributed by atoms with Gasteiger partial charge in [0.05, 0.1) is 10.4 Å². The molecule has 2 N–H and O–H groups in total. The first-order valence-electron chi connectivity index (χ1n) is 8.52. The van der Waals surface area contributed by atoms with Crippen molar-refractivity contribution in [3.8, 4) is 0 Å². The molecule has 2 aromatic rings. The molecule has 0 saturated carbocycles. The maximum absolute atomic E-state index is 12.6. The number of hydrogen-bond acceptors (Lipinski definition) is 4. The molecule has 0 aliphatic carbocycles. The first-order valence-corrected chi connectivity index (χ1v) is 10.8. The van der Waals surface area contributed by atoms with Crippen LogP contribution in [0, 0.1) is 0 Å². The fourth-order valence-electron chi connectivity index (χ4n) is 3.14. The summed E-state index contributed by atoms with van der Waals surface area (Å²) in [5, 5.41) is 6.47. The van der Waals surface area contributed by atoms with Gasteiger partial charge >= 0.3 is 6.03 Å². The van der Waals surface area contributed by atoms with Gasteiger partial charge in [-0.05, 0) is 54.8 Å². The first-order chi connectivity index (χ1) is 12.8. The average Bonchev–Trinajstić information content (AvgIpc) is 2.62. The molecule has 8 heteroatoms. The average molecular weight is 409 g/mol. The zero-order valence-corrected chi connectivity index (χ0v) is 16.4. The van der Waals surface area contributed by atoms with E-state index in [1.54, 1.807) is 24.3 Å². The van der Waals surface area contributed by atoms with Gasteiger partial charge in [-0.25, -0.2) is 13.2 Å². The summed E-state index contributed by atoms with van der Waals surface area (Å²) in [5.74, 6) is 0. The van der Waals surface area contributed by atoms with Crippen LogP contribution in [0.4, 0.5) is 10.5 Å². The molecule has 6 nitrogen and oxygen atoms in total. The number of sulfone groups is 1. The molecule has 0 aromatic heterocycles. The van der Waals surface area contributed by atoms with E-state index in [2.05, 4.69) is 10.6 Å². The van der Waals surface area contributed by atoms with Crippen LogP contribution in [-0.2, 0) is 20.1 Å². The van der Waals surface area contributed by atoms with Crippen molar-refractivity contribution in [3.05, 3.63) is 59.1 Å². The Morgan fingerprint density at radius 2 is 1.63 bits per heavy atom. The Balaban J connectivity index is 1.76. The third-order valence-corrected chi connectivity index (χ3v) is 6.02. The molecular weight excluding hydrogens is 388 g/mol. The molecule has 2 amide bonds. The Morgan fingerprint density at radius 3 is 2.19 bits per heavy atom. The molecular formula is C19H21ClN2O4S. The molecule has 2 aromatic carbocycles. The number of anilines is 1. The van der Waals surface area contributed by atoms with Gasteiger partial charge in [0.25, 0.3) is 0 Å². The Bertz CT molecular complexity index is 906. The van der Waals surface area contributed by atoms with Gasteiger partial charge in [-0.3, -0.25) is 0 Å². The molecule has 0 unspecified atom stereocenters. The Labute approximate surface area is 163 Å². The van der Waals surface area contributed by atoms with Crippen molar-refractivity contribution in [2.24, 2.45) is 0 Å². The molecule has 1 saturated heterocycles. The number of carbonyl (C=O) groups excluding carboxylic acids is 1. The molecule has 0 spiro atoms. The van der Waals surface area contributed by atoms with E-state index >= 15 is 0 Å². The Hall–Kier alpha value is -2.09. The SMILES string of the molecule is CS(=O)(=O)c1ccc(NC(=O)NC2(c3ccc(Cl)cc3)CCOCC2)cc1. The molecule has 144 valence electrons. The van der Waals surface area contributed by atoms with Crippen molar-refractivity contribution in [3.63, 3.8) is 0 Å². The van der Waals surface area contributed by atoms with Crippen LogP contribution in [0.25, 0.3) is 0 Å². The molecule has 3 rings (SSSR count). The van der Waals surface area contributed by atoms with E-state index in [0.29, 0.717) is 36.8 Å². The van der Waals surface area contributed by atoms with E-state index in [-0.39, 0.29) is 10.9 Å². The Kier molecular flexibility index (Phi) is 5.74. The van der Waals surface area contributed by atoms with Gasteiger partial charge in [0, 0.05) is 30.2 Å². The lowest BCUT2D eigenvalue weighted by Gasteiger charge is -2.38. The minimum absolute atomic E-state index is 0.204. The van der Waals surface area contributed by atoms with Gasteiger partial charge in [-0.15, -0.1) is 0 Å². The van der Waals surface area contributed by atoms with Crippen molar-refractivity contribution >= 4 is 33.2 Å². The van der Waals surface area contributed by atoms with Gasteiger partial charge < -0.3 is 15.4 Å². The molecule has 1 aliphatic heterocycles. The number of hydrogen-bond donors (Lipinski definition) is 2. The summed E-state index contributed by atoms with van der Waals surface area (Å²) >= 11 is 5.99. The number of urea groups is 1. The number of ether oxygens (including phenoxy) is 1. The zero-order valence-electron chi connectivity index (χ0n) is 14.9. The van der Waals surface area contributed by atoms with Crippen molar-refractivity contribution < 1.29 is 17.9 Å². The van der Waals surface area contributed by atoms with Gasteiger partial charge in [0.15, 0.2) is 9.84 Å². The van der Waals surface area contributed by atoms with Crippen LogP contribution < -0.4 is 10.6 Å². The third kappa shape index (κ3) is 4.80. The highest BCUT2D eigenvalue weighted by Crippen LogP contribution is 2.33. The van der Waals surface area contributed by atoms with Crippen LogP contribution in [0.5, 0.6) is 0 Å². The van der Waals surface area contributed by atoms with Crippen molar-refractivity contribution in [2.45, 2.75) is 23.3 Å². The highest BCUT2D eigenvalue weighted by Gasteiger charge is 2.36. The molecule has 1 aliphatic rings. The number of amides is 2. The monoisotopic (exact) mass is 408 g/mol. The van der Waals surface area contributed by atoms with E-state index < -0.39 is 15.4 Å². The lowest BCUT2D eigenvalue weighted by Crippen LogP contribution is -2.50. The van der Waals surface area contributed by atoms with Crippen LogP contribution in [0.1, 0.15) is 18.4 Å². The summed E-state index contributed by atoms with van der Waals surface area (Å²) in [7, 11) is -3.27. The summed E-state index contributed by atoms with van der Waals surface area (Å²) in [5.41, 5.74) is 0.940. The summed E-state index contributed by atoms with van der Waals surface area (Å²) < 4.78 is 28.5. The van der Waals surface area contributed by atoms with E-state index in [1.807, 2.05) is 12.1 Å². The number of rotatable bonds is 4. The smallest absolute Gasteiger partial charge is 0.319 e. The van der Waals surface area contributed by atoms with Crippen LogP contribution in [0.15, 0.2) is 53.4 Å². The maximum atomic E-state index is 12.6. The number of halogens is 1. The second-order valence-corrected chi connectivity index (χ2v) is 9.03. The summed E-state index contributed by atoms with van der Waals surface area (Å²) in [4.78, 5) is 12.8. The van der Waals surface area contributed by atoms with Crippen molar-refractivity contribution in [1.82, 2.24) is 5.32 Å². The second kappa shape index (κ2) is 7.88. The fourth-order valence-corrected chi connectivity index (χ4v) is 3.90. The molecule has 1 fully saturated rings.